The lowest BCUT2D eigenvalue weighted by Crippen LogP contribution is -2.42. The largest absolute Gasteiger partial charge is 0.337 e. The monoisotopic (exact) mass is 426 g/mol. The van der Waals surface area contributed by atoms with Crippen LogP contribution in [0, 0.1) is 6.92 Å². The molecule has 30 heavy (non-hydrogen) atoms. The topological polar surface area (TPSA) is 51.0 Å². The van der Waals surface area contributed by atoms with Gasteiger partial charge in [0.05, 0.1) is 4.88 Å². The number of carbonyl (C=O) groups excluding carboxylic acids is 1. The normalized spacial score (nSPS) is 16.5. The van der Waals surface area contributed by atoms with Gasteiger partial charge in [0.2, 0.25) is 0 Å². The van der Waals surface area contributed by atoms with Gasteiger partial charge < -0.3 is 4.90 Å². The number of fused-ring (bicyclic) bond motifs is 2. The van der Waals surface area contributed by atoms with Crippen LogP contribution in [0.5, 0.6) is 0 Å². The van der Waals surface area contributed by atoms with E-state index in [4.69, 9.17) is 0 Å². The Hall–Kier alpha value is -2.87. The van der Waals surface area contributed by atoms with Crippen LogP contribution in [0.4, 0.5) is 8.78 Å². The smallest absolute Gasteiger partial charge is 0.264 e. The van der Waals surface area contributed by atoms with Gasteiger partial charge in [0, 0.05) is 61.0 Å². The number of alkyl halides is 2. The molecule has 0 saturated carbocycles. The summed E-state index contributed by atoms with van der Waals surface area (Å²) < 4.78 is 29.6. The predicted octanol–water partition coefficient (Wildman–Crippen LogP) is 5.03. The minimum absolute atomic E-state index is 0.0988. The number of amides is 1. The first-order chi connectivity index (χ1) is 14.3. The summed E-state index contributed by atoms with van der Waals surface area (Å²) in [5.74, 6) is -2.81. The van der Waals surface area contributed by atoms with E-state index in [1.807, 2.05) is 32.3 Å². The van der Waals surface area contributed by atoms with Gasteiger partial charge in [-0.05, 0) is 35.6 Å². The van der Waals surface area contributed by atoms with E-state index in [9.17, 15) is 13.6 Å². The number of hydrogen-bond acceptors (Lipinski definition) is 4. The van der Waals surface area contributed by atoms with Gasteiger partial charge in [-0.2, -0.15) is 5.10 Å². The Morgan fingerprint density at radius 1 is 1.17 bits per heavy atom. The lowest BCUT2D eigenvalue weighted by molar-refractivity contribution is -0.0493. The second-order valence-electron chi connectivity index (χ2n) is 7.85. The summed E-state index contributed by atoms with van der Waals surface area (Å²) in [5.41, 5.74) is 3.60. The third-order valence-electron chi connectivity index (χ3n) is 5.72. The second kappa shape index (κ2) is 6.84. The number of piperidine rings is 1. The maximum Gasteiger partial charge on any atom is 0.264 e. The van der Waals surface area contributed by atoms with E-state index in [2.05, 4.69) is 22.2 Å². The summed E-state index contributed by atoms with van der Waals surface area (Å²) in [6.45, 7) is 2.12. The highest BCUT2D eigenvalue weighted by Gasteiger charge is 2.36. The van der Waals surface area contributed by atoms with Crippen molar-refractivity contribution in [3.63, 3.8) is 0 Å². The number of rotatable bonds is 2. The van der Waals surface area contributed by atoms with Crippen molar-refractivity contribution in [1.82, 2.24) is 19.7 Å². The summed E-state index contributed by atoms with van der Waals surface area (Å²) in [5, 5.41) is 6.29. The lowest BCUT2D eigenvalue weighted by Gasteiger charge is -2.31. The average Bonchev–Trinajstić information content (AvgIpc) is 3.25. The Bertz CT molecular complexity index is 1280. The van der Waals surface area contributed by atoms with Crippen LogP contribution in [-0.4, -0.2) is 44.6 Å². The molecule has 0 bridgehead atoms. The van der Waals surface area contributed by atoms with Crippen LogP contribution in [0.3, 0.4) is 0 Å². The molecule has 1 saturated heterocycles. The number of nitrogens with zero attached hydrogens (tertiary/aromatic N) is 4. The Labute approximate surface area is 175 Å². The van der Waals surface area contributed by atoms with E-state index in [0.29, 0.717) is 10.5 Å². The molecule has 1 aliphatic rings. The van der Waals surface area contributed by atoms with Crippen molar-refractivity contribution in [3.05, 3.63) is 47.1 Å². The van der Waals surface area contributed by atoms with Gasteiger partial charge >= 0.3 is 0 Å². The van der Waals surface area contributed by atoms with Crippen LogP contribution >= 0.6 is 11.3 Å². The molecule has 1 fully saturated rings. The molecule has 1 aliphatic heterocycles. The molecule has 5 rings (SSSR count). The SMILES string of the molecule is Cc1c(C(=O)N2CCC(F)(F)CC2)sc2cc(-c3cnc4nn(C)cc4c3)ccc12. The molecule has 0 unspecified atom stereocenters. The summed E-state index contributed by atoms with van der Waals surface area (Å²) in [4.78, 5) is 19.6. The lowest BCUT2D eigenvalue weighted by atomic mass is 10.0. The number of benzene rings is 1. The van der Waals surface area contributed by atoms with Crippen molar-refractivity contribution in [1.29, 1.82) is 0 Å². The summed E-state index contributed by atoms with van der Waals surface area (Å²) in [6.07, 6.45) is 3.20. The molecule has 0 N–H and O–H groups in total. The van der Waals surface area contributed by atoms with E-state index < -0.39 is 5.92 Å². The molecule has 0 atom stereocenters. The zero-order valence-corrected chi connectivity index (χ0v) is 17.5. The fourth-order valence-electron chi connectivity index (χ4n) is 3.98. The van der Waals surface area contributed by atoms with Crippen molar-refractivity contribution < 1.29 is 13.6 Å². The number of hydrogen-bond donors (Lipinski definition) is 0. The number of aromatic nitrogens is 3. The minimum Gasteiger partial charge on any atom is -0.337 e. The molecule has 0 aliphatic carbocycles. The van der Waals surface area contributed by atoms with Crippen LogP contribution in [0.15, 0.2) is 36.7 Å². The molecule has 4 heterocycles. The number of carbonyl (C=O) groups is 1. The molecule has 0 spiro atoms. The Morgan fingerprint density at radius 3 is 2.70 bits per heavy atom. The summed E-state index contributed by atoms with van der Waals surface area (Å²) >= 11 is 1.43. The third-order valence-corrected chi connectivity index (χ3v) is 6.96. The predicted molar refractivity (Wildman–Crippen MR) is 114 cm³/mol. The first kappa shape index (κ1) is 19.1. The number of thiophene rings is 1. The summed E-state index contributed by atoms with van der Waals surface area (Å²) in [7, 11) is 1.86. The Kier molecular flexibility index (Phi) is 4.36. The number of likely N-dealkylation sites (tertiary alicyclic amines) is 1. The zero-order chi connectivity index (χ0) is 21.0. The highest BCUT2D eigenvalue weighted by atomic mass is 32.1. The van der Waals surface area contributed by atoms with Crippen molar-refractivity contribution in [3.8, 4) is 11.1 Å². The molecule has 3 aromatic heterocycles. The van der Waals surface area contributed by atoms with Crippen molar-refractivity contribution >= 4 is 38.4 Å². The van der Waals surface area contributed by atoms with Gasteiger partial charge in [0.25, 0.3) is 11.8 Å². The maximum atomic E-state index is 13.4. The van der Waals surface area contributed by atoms with Crippen molar-refractivity contribution in [2.45, 2.75) is 25.7 Å². The van der Waals surface area contributed by atoms with Gasteiger partial charge in [-0.25, -0.2) is 13.8 Å². The fraction of sp³-hybridized carbons (Fsp3) is 0.318. The van der Waals surface area contributed by atoms with E-state index in [1.54, 1.807) is 15.8 Å². The molecular formula is C22H20F2N4OS. The minimum atomic E-state index is -2.66. The van der Waals surface area contributed by atoms with Gasteiger partial charge in [0.15, 0.2) is 5.65 Å². The van der Waals surface area contributed by atoms with E-state index in [1.165, 1.54) is 11.3 Å². The van der Waals surface area contributed by atoms with Crippen LogP contribution < -0.4 is 0 Å². The molecular weight excluding hydrogens is 406 g/mol. The zero-order valence-electron chi connectivity index (χ0n) is 16.7. The molecule has 8 heteroatoms. The quantitative estimate of drug-likeness (QED) is 0.452. The van der Waals surface area contributed by atoms with Crippen LogP contribution in [-0.2, 0) is 7.05 Å². The Balaban J connectivity index is 1.48. The van der Waals surface area contributed by atoms with Gasteiger partial charge in [-0.1, -0.05) is 12.1 Å². The molecule has 5 nitrogen and oxygen atoms in total. The van der Waals surface area contributed by atoms with E-state index >= 15 is 0 Å². The van der Waals surface area contributed by atoms with E-state index in [-0.39, 0.29) is 31.8 Å². The van der Waals surface area contributed by atoms with Crippen molar-refractivity contribution in [2.24, 2.45) is 7.05 Å². The molecule has 1 aromatic carbocycles. The average molecular weight is 426 g/mol. The third kappa shape index (κ3) is 3.25. The van der Waals surface area contributed by atoms with Crippen LogP contribution in [0.2, 0.25) is 0 Å². The number of halogens is 2. The molecule has 1 amide bonds. The van der Waals surface area contributed by atoms with Crippen molar-refractivity contribution in [2.75, 3.05) is 13.1 Å². The Morgan fingerprint density at radius 2 is 1.93 bits per heavy atom. The summed E-state index contributed by atoms with van der Waals surface area (Å²) in [6, 6.07) is 8.16. The molecule has 4 aromatic rings. The number of pyridine rings is 1. The number of aryl methyl sites for hydroxylation is 2. The van der Waals surface area contributed by atoms with E-state index in [0.717, 1.165) is 32.2 Å². The van der Waals surface area contributed by atoms with Gasteiger partial charge in [0.1, 0.15) is 0 Å². The molecule has 154 valence electrons. The first-order valence-corrected chi connectivity index (χ1v) is 10.6. The van der Waals surface area contributed by atoms with Crippen LogP contribution in [0.1, 0.15) is 28.1 Å². The second-order valence-corrected chi connectivity index (χ2v) is 8.91. The maximum absolute atomic E-state index is 13.4. The first-order valence-electron chi connectivity index (χ1n) is 9.81. The standard InChI is InChI=1S/C22H20F2N4OS/c1-13-17-4-3-14(15-9-16-12-27(2)26-20(16)25-11-15)10-18(17)30-19(13)21(29)28-7-5-22(23,24)6-8-28/h3-4,9-12H,5-8H2,1-2H3. The van der Waals surface area contributed by atoms with Gasteiger partial charge in [-0.15, -0.1) is 11.3 Å². The highest BCUT2D eigenvalue weighted by Crippen LogP contribution is 2.36. The van der Waals surface area contributed by atoms with Crippen LogP contribution in [0.25, 0.3) is 32.2 Å². The fourth-order valence-corrected chi connectivity index (χ4v) is 5.20. The molecule has 0 radical (unpaired) electrons. The van der Waals surface area contributed by atoms with Gasteiger partial charge in [-0.3, -0.25) is 9.48 Å². The highest BCUT2D eigenvalue weighted by molar-refractivity contribution is 7.21.